The van der Waals surface area contributed by atoms with Gasteiger partial charge in [-0.1, -0.05) is 12.1 Å². The highest BCUT2D eigenvalue weighted by Crippen LogP contribution is 2.40. The summed E-state index contributed by atoms with van der Waals surface area (Å²) >= 11 is 0. The first-order valence-electron chi connectivity index (χ1n) is 11.2. The van der Waals surface area contributed by atoms with Gasteiger partial charge in [-0.15, -0.1) is 0 Å². The standard InChI is InChI=1S/C23H32N4O2/c28-22-7-8-23(17-27(22)16-19-4-3-15-29-19)9-11-25(12-10-23)13-14-26-18-24-20-5-1-2-6-21(20)26/h1-2,5-6,18-19H,3-4,7-17H2/t19-/m1/s1. The summed E-state index contributed by atoms with van der Waals surface area (Å²) < 4.78 is 8.05. The molecule has 4 heterocycles. The van der Waals surface area contributed by atoms with Gasteiger partial charge in [-0.05, 0) is 62.7 Å². The predicted molar refractivity (Wildman–Crippen MR) is 113 cm³/mol. The van der Waals surface area contributed by atoms with E-state index in [-0.39, 0.29) is 6.10 Å². The average Bonchev–Trinajstić information content (AvgIpc) is 3.41. The zero-order valence-corrected chi connectivity index (χ0v) is 17.3. The zero-order chi connectivity index (χ0) is 19.7. The van der Waals surface area contributed by atoms with Crippen molar-refractivity contribution in [3.05, 3.63) is 30.6 Å². The molecule has 0 bridgehead atoms. The number of aromatic nitrogens is 2. The quantitative estimate of drug-likeness (QED) is 0.780. The van der Waals surface area contributed by atoms with Crippen LogP contribution in [0.4, 0.5) is 0 Å². The van der Waals surface area contributed by atoms with E-state index in [1.807, 2.05) is 12.4 Å². The highest BCUT2D eigenvalue weighted by atomic mass is 16.5. The van der Waals surface area contributed by atoms with Crippen molar-refractivity contribution in [2.45, 2.75) is 51.2 Å². The highest BCUT2D eigenvalue weighted by Gasteiger charge is 2.41. The molecule has 3 aliphatic heterocycles. The van der Waals surface area contributed by atoms with Crippen molar-refractivity contribution in [1.82, 2.24) is 19.4 Å². The summed E-state index contributed by atoms with van der Waals surface area (Å²) in [5.41, 5.74) is 2.62. The van der Waals surface area contributed by atoms with E-state index in [1.165, 1.54) is 18.4 Å². The van der Waals surface area contributed by atoms with Gasteiger partial charge >= 0.3 is 0 Å². The molecule has 1 amide bonds. The zero-order valence-electron chi connectivity index (χ0n) is 17.3. The maximum Gasteiger partial charge on any atom is 0.222 e. The van der Waals surface area contributed by atoms with Crippen molar-refractivity contribution in [1.29, 1.82) is 0 Å². The van der Waals surface area contributed by atoms with Crippen LogP contribution in [-0.4, -0.2) is 70.7 Å². The number of fused-ring (bicyclic) bond motifs is 1. The van der Waals surface area contributed by atoms with Gasteiger partial charge in [0.25, 0.3) is 0 Å². The van der Waals surface area contributed by atoms with Crippen LogP contribution >= 0.6 is 0 Å². The van der Waals surface area contributed by atoms with Crippen molar-refractivity contribution in [3.8, 4) is 0 Å². The fourth-order valence-electron chi connectivity index (χ4n) is 5.40. The molecule has 1 atom stereocenters. The molecule has 3 saturated heterocycles. The van der Waals surface area contributed by atoms with Gasteiger partial charge in [0.1, 0.15) is 0 Å². The number of hydrogen-bond acceptors (Lipinski definition) is 4. The monoisotopic (exact) mass is 396 g/mol. The lowest BCUT2D eigenvalue weighted by Gasteiger charge is -2.48. The number of para-hydroxylation sites is 2. The minimum Gasteiger partial charge on any atom is -0.376 e. The largest absolute Gasteiger partial charge is 0.376 e. The molecule has 3 aliphatic rings. The Morgan fingerprint density at radius 3 is 2.83 bits per heavy atom. The lowest BCUT2D eigenvalue weighted by molar-refractivity contribution is -0.141. The van der Waals surface area contributed by atoms with Crippen LogP contribution in [0.25, 0.3) is 11.0 Å². The number of imidazole rings is 1. The predicted octanol–water partition coefficient (Wildman–Crippen LogP) is 2.92. The summed E-state index contributed by atoms with van der Waals surface area (Å²) in [6.45, 7) is 6.91. The smallest absolute Gasteiger partial charge is 0.222 e. The number of likely N-dealkylation sites (tertiary alicyclic amines) is 2. The molecular weight excluding hydrogens is 364 g/mol. The Morgan fingerprint density at radius 1 is 1.14 bits per heavy atom. The summed E-state index contributed by atoms with van der Waals surface area (Å²) in [5.74, 6) is 0.334. The molecule has 5 rings (SSSR count). The molecule has 6 nitrogen and oxygen atoms in total. The van der Waals surface area contributed by atoms with E-state index in [9.17, 15) is 4.79 Å². The lowest BCUT2D eigenvalue weighted by Crippen LogP contribution is -2.53. The van der Waals surface area contributed by atoms with Crippen molar-refractivity contribution in [2.75, 3.05) is 39.3 Å². The van der Waals surface area contributed by atoms with Crippen molar-refractivity contribution in [3.63, 3.8) is 0 Å². The minimum atomic E-state index is 0.263. The van der Waals surface area contributed by atoms with Gasteiger partial charge in [0.05, 0.1) is 23.5 Å². The molecule has 0 radical (unpaired) electrons. The van der Waals surface area contributed by atoms with Crippen LogP contribution < -0.4 is 0 Å². The maximum absolute atomic E-state index is 12.5. The second kappa shape index (κ2) is 8.07. The van der Waals surface area contributed by atoms with E-state index >= 15 is 0 Å². The second-order valence-electron chi connectivity index (χ2n) is 9.18. The van der Waals surface area contributed by atoms with Gasteiger partial charge < -0.3 is 19.1 Å². The Kier molecular flexibility index (Phi) is 5.31. The first kappa shape index (κ1) is 19.1. The molecule has 29 heavy (non-hydrogen) atoms. The molecule has 1 spiro atoms. The first-order valence-corrected chi connectivity index (χ1v) is 11.2. The fraction of sp³-hybridized carbons (Fsp3) is 0.652. The summed E-state index contributed by atoms with van der Waals surface area (Å²) in [7, 11) is 0. The lowest BCUT2D eigenvalue weighted by atomic mass is 9.72. The van der Waals surface area contributed by atoms with Gasteiger partial charge in [-0.2, -0.15) is 0 Å². The number of nitrogens with zero attached hydrogens (tertiary/aromatic N) is 4. The van der Waals surface area contributed by atoms with Crippen LogP contribution in [0, 0.1) is 5.41 Å². The van der Waals surface area contributed by atoms with Crippen LogP contribution in [0.15, 0.2) is 30.6 Å². The molecule has 0 unspecified atom stereocenters. The van der Waals surface area contributed by atoms with Gasteiger partial charge in [0.2, 0.25) is 5.91 Å². The molecule has 3 fully saturated rings. The third-order valence-electron chi connectivity index (χ3n) is 7.30. The average molecular weight is 397 g/mol. The Morgan fingerprint density at radius 2 is 2.00 bits per heavy atom. The van der Waals surface area contributed by atoms with E-state index < -0.39 is 0 Å². The van der Waals surface area contributed by atoms with Gasteiger partial charge in [0.15, 0.2) is 0 Å². The van der Waals surface area contributed by atoms with E-state index in [2.05, 4.69) is 37.5 Å². The number of piperidine rings is 2. The Labute approximate surface area is 172 Å². The van der Waals surface area contributed by atoms with Crippen molar-refractivity contribution < 1.29 is 9.53 Å². The summed E-state index contributed by atoms with van der Waals surface area (Å²) in [4.78, 5) is 21.7. The van der Waals surface area contributed by atoms with Crippen LogP contribution in [0.2, 0.25) is 0 Å². The maximum atomic E-state index is 12.5. The number of carbonyl (C=O) groups excluding carboxylic acids is 1. The van der Waals surface area contributed by atoms with Gasteiger partial charge in [-0.3, -0.25) is 4.79 Å². The molecule has 6 heteroatoms. The minimum absolute atomic E-state index is 0.263. The molecule has 1 aromatic heterocycles. The number of rotatable bonds is 5. The van der Waals surface area contributed by atoms with E-state index in [1.54, 1.807) is 0 Å². The molecule has 0 saturated carbocycles. The first-order chi connectivity index (χ1) is 14.2. The molecular formula is C23H32N4O2. The summed E-state index contributed by atoms with van der Waals surface area (Å²) in [6.07, 6.45) is 8.65. The highest BCUT2D eigenvalue weighted by molar-refractivity contribution is 5.77. The Hall–Kier alpha value is -1.92. The van der Waals surface area contributed by atoms with Gasteiger partial charge in [-0.25, -0.2) is 4.98 Å². The van der Waals surface area contributed by atoms with Crippen LogP contribution in [0.1, 0.15) is 38.5 Å². The van der Waals surface area contributed by atoms with E-state index in [4.69, 9.17) is 4.74 Å². The number of hydrogen-bond donors (Lipinski definition) is 0. The van der Waals surface area contributed by atoms with Crippen LogP contribution in [-0.2, 0) is 16.1 Å². The van der Waals surface area contributed by atoms with Crippen molar-refractivity contribution >= 4 is 16.9 Å². The van der Waals surface area contributed by atoms with E-state index in [0.717, 1.165) is 70.7 Å². The SMILES string of the molecule is O=C1CCC2(CCN(CCn3cnc4ccccc43)CC2)CN1C[C@H]1CCCO1. The second-order valence-corrected chi connectivity index (χ2v) is 9.18. The van der Waals surface area contributed by atoms with E-state index in [0.29, 0.717) is 17.7 Å². The topological polar surface area (TPSA) is 50.6 Å². The molecule has 2 aromatic rings. The number of benzene rings is 1. The summed E-state index contributed by atoms with van der Waals surface area (Å²) in [5, 5.41) is 0. The third-order valence-corrected chi connectivity index (χ3v) is 7.30. The molecule has 0 N–H and O–H groups in total. The third kappa shape index (κ3) is 4.05. The number of amides is 1. The van der Waals surface area contributed by atoms with Crippen molar-refractivity contribution in [2.24, 2.45) is 5.41 Å². The molecule has 156 valence electrons. The molecule has 1 aromatic carbocycles. The van der Waals surface area contributed by atoms with Crippen LogP contribution in [0.5, 0.6) is 0 Å². The Bertz CT molecular complexity index is 849. The summed E-state index contributed by atoms with van der Waals surface area (Å²) in [6, 6.07) is 8.34. The number of carbonyl (C=O) groups is 1. The normalized spacial score (nSPS) is 25.3. The molecule has 0 aliphatic carbocycles. The van der Waals surface area contributed by atoms with Crippen LogP contribution in [0.3, 0.4) is 0 Å². The number of ether oxygens (including phenoxy) is 1. The van der Waals surface area contributed by atoms with Gasteiger partial charge in [0, 0.05) is 39.2 Å². The Balaban J connectivity index is 1.15. The fourth-order valence-corrected chi connectivity index (χ4v) is 5.40.